The minimum Gasteiger partial charge on any atom is -0.481 e. The van der Waals surface area contributed by atoms with E-state index in [1.165, 1.54) is 25.9 Å². The molecule has 1 heterocycles. The number of rotatable bonds is 8. The molecule has 1 aromatic rings. The first-order valence-electron chi connectivity index (χ1n) is 10.1. The summed E-state index contributed by atoms with van der Waals surface area (Å²) >= 11 is 0. The molecule has 1 saturated heterocycles. The predicted molar refractivity (Wildman–Crippen MR) is 108 cm³/mol. The molecule has 0 bridgehead atoms. The number of piperidine rings is 1. The lowest BCUT2D eigenvalue weighted by atomic mass is 9.99. The Bertz CT molecular complexity index is 578. The van der Waals surface area contributed by atoms with E-state index in [4.69, 9.17) is 4.74 Å². The number of nitrogens with one attached hydrogen (secondary N) is 1. The molecule has 0 saturated carbocycles. The summed E-state index contributed by atoms with van der Waals surface area (Å²) in [6.45, 7) is 14.7. The van der Waals surface area contributed by atoms with E-state index in [0.717, 1.165) is 35.8 Å². The standard InChI is InChI=1S/C22H36N2O2/c1-16(2)20-8-7-18(4)15-21(20)26-19(5)22(25)23-11-6-12-24-13-9-17(3)10-14-24/h7-8,15-17,19H,6,9-14H2,1-5H3,(H,23,25)/t19-/m1/s1. The number of likely N-dealkylation sites (tertiary alicyclic amines) is 1. The van der Waals surface area contributed by atoms with Gasteiger partial charge in [0.25, 0.3) is 5.91 Å². The quantitative estimate of drug-likeness (QED) is 0.709. The lowest BCUT2D eigenvalue weighted by Gasteiger charge is -2.30. The molecule has 0 aliphatic carbocycles. The van der Waals surface area contributed by atoms with Gasteiger partial charge in [-0.1, -0.05) is 32.9 Å². The minimum absolute atomic E-state index is 0.0338. The van der Waals surface area contributed by atoms with Crippen LogP contribution < -0.4 is 10.1 Å². The summed E-state index contributed by atoms with van der Waals surface area (Å²) in [5.74, 6) is 2.02. The Labute approximate surface area is 159 Å². The van der Waals surface area contributed by atoms with Crippen molar-refractivity contribution in [3.8, 4) is 5.75 Å². The van der Waals surface area contributed by atoms with Crippen molar-refractivity contribution >= 4 is 5.91 Å². The predicted octanol–water partition coefficient (Wildman–Crippen LogP) is 4.12. The van der Waals surface area contributed by atoms with Crippen LogP contribution >= 0.6 is 0 Å². The monoisotopic (exact) mass is 360 g/mol. The van der Waals surface area contributed by atoms with Gasteiger partial charge in [-0.3, -0.25) is 4.79 Å². The second kappa shape index (κ2) is 9.96. The summed E-state index contributed by atoms with van der Waals surface area (Å²) in [6, 6.07) is 6.21. The van der Waals surface area contributed by atoms with Gasteiger partial charge in [0.1, 0.15) is 5.75 Å². The fourth-order valence-corrected chi connectivity index (χ4v) is 3.41. The lowest BCUT2D eigenvalue weighted by molar-refractivity contribution is -0.127. The van der Waals surface area contributed by atoms with Gasteiger partial charge < -0.3 is 15.0 Å². The van der Waals surface area contributed by atoms with Crippen molar-refractivity contribution in [3.05, 3.63) is 29.3 Å². The van der Waals surface area contributed by atoms with Crippen LogP contribution in [0.5, 0.6) is 5.75 Å². The Morgan fingerprint density at radius 2 is 1.96 bits per heavy atom. The van der Waals surface area contributed by atoms with E-state index in [-0.39, 0.29) is 5.91 Å². The summed E-state index contributed by atoms with van der Waals surface area (Å²) in [6.07, 6.45) is 3.11. The highest BCUT2D eigenvalue weighted by Crippen LogP contribution is 2.28. The van der Waals surface area contributed by atoms with Gasteiger partial charge in [-0.15, -0.1) is 0 Å². The normalized spacial score (nSPS) is 17.3. The van der Waals surface area contributed by atoms with E-state index >= 15 is 0 Å². The second-order valence-electron chi connectivity index (χ2n) is 8.12. The van der Waals surface area contributed by atoms with Crippen molar-refractivity contribution in [2.45, 2.75) is 65.9 Å². The summed E-state index contributed by atoms with van der Waals surface area (Å²) < 4.78 is 5.99. The highest BCUT2D eigenvalue weighted by molar-refractivity contribution is 5.80. The average Bonchev–Trinajstić information content (AvgIpc) is 2.59. The number of aryl methyl sites for hydroxylation is 1. The molecule has 1 atom stereocenters. The zero-order valence-corrected chi connectivity index (χ0v) is 17.2. The minimum atomic E-state index is -0.481. The number of benzene rings is 1. The number of nitrogens with zero attached hydrogens (tertiary/aromatic N) is 1. The molecule has 1 N–H and O–H groups in total. The number of amides is 1. The molecule has 0 spiro atoms. The third kappa shape index (κ3) is 6.31. The van der Waals surface area contributed by atoms with Gasteiger partial charge in [-0.2, -0.15) is 0 Å². The van der Waals surface area contributed by atoms with E-state index in [2.05, 4.69) is 43.1 Å². The molecule has 0 radical (unpaired) electrons. The van der Waals surface area contributed by atoms with Crippen LogP contribution in [0.1, 0.15) is 64.0 Å². The van der Waals surface area contributed by atoms with E-state index in [0.29, 0.717) is 12.5 Å². The Balaban J connectivity index is 1.75. The number of ether oxygens (including phenoxy) is 1. The molecule has 4 heteroatoms. The van der Waals surface area contributed by atoms with Gasteiger partial charge in [-0.05, 0) is 81.8 Å². The van der Waals surface area contributed by atoms with Gasteiger partial charge in [-0.25, -0.2) is 0 Å². The van der Waals surface area contributed by atoms with Crippen LogP contribution in [0.3, 0.4) is 0 Å². The Morgan fingerprint density at radius 3 is 2.62 bits per heavy atom. The molecule has 146 valence electrons. The first-order valence-corrected chi connectivity index (χ1v) is 10.1. The van der Waals surface area contributed by atoms with Gasteiger partial charge >= 0.3 is 0 Å². The third-order valence-corrected chi connectivity index (χ3v) is 5.29. The highest BCUT2D eigenvalue weighted by Gasteiger charge is 2.18. The van der Waals surface area contributed by atoms with Gasteiger partial charge in [0.15, 0.2) is 6.10 Å². The molecule has 1 fully saturated rings. The van der Waals surface area contributed by atoms with Crippen molar-refractivity contribution in [3.63, 3.8) is 0 Å². The summed E-state index contributed by atoms with van der Waals surface area (Å²) in [7, 11) is 0. The van der Waals surface area contributed by atoms with Gasteiger partial charge in [0.05, 0.1) is 0 Å². The first-order chi connectivity index (χ1) is 12.4. The number of carbonyl (C=O) groups is 1. The maximum atomic E-state index is 12.4. The van der Waals surface area contributed by atoms with Crippen molar-refractivity contribution in [2.24, 2.45) is 5.92 Å². The van der Waals surface area contributed by atoms with Crippen LogP contribution in [-0.2, 0) is 4.79 Å². The number of carbonyl (C=O) groups excluding carboxylic acids is 1. The van der Waals surface area contributed by atoms with Crippen molar-refractivity contribution in [1.82, 2.24) is 10.2 Å². The van der Waals surface area contributed by atoms with Crippen LogP contribution in [0, 0.1) is 12.8 Å². The van der Waals surface area contributed by atoms with Gasteiger partial charge in [0.2, 0.25) is 0 Å². The fourth-order valence-electron chi connectivity index (χ4n) is 3.41. The molecular weight excluding hydrogens is 324 g/mol. The van der Waals surface area contributed by atoms with Crippen LogP contribution in [0.2, 0.25) is 0 Å². The average molecular weight is 361 g/mol. The second-order valence-corrected chi connectivity index (χ2v) is 8.12. The molecule has 1 aromatic carbocycles. The maximum Gasteiger partial charge on any atom is 0.260 e. The third-order valence-electron chi connectivity index (χ3n) is 5.29. The number of hydrogen-bond donors (Lipinski definition) is 1. The molecule has 1 aliphatic rings. The van der Waals surface area contributed by atoms with E-state index in [9.17, 15) is 4.79 Å². The van der Waals surface area contributed by atoms with Crippen molar-refractivity contribution in [1.29, 1.82) is 0 Å². The largest absolute Gasteiger partial charge is 0.481 e. The topological polar surface area (TPSA) is 41.6 Å². The van der Waals surface area contributed by atoms with Crippen LogP contribution in [0.25, 0.3) is 0 Å². The molecule has 0 unspecified atom stereocenters. The smallest absolute Gasteiger partial charge is 0.260 e. The molecule has 2 rings (SSSR count). The summed E-state index contributed by atoms with van der Waals surface area (Å²) in [5, 5.41) is 3.02. The lowest BCUT2D eigenvalue weighted by Crippen LogP contribution is -2.39. The molecular formula is C22H36N2O2. The molecule has 1 amide bonds. The zero-order valence-electron chi connectivity index (χ0n) is 17.2. The number of hydrogen-bond acceptors (Lipinski definition) is 3. The zero-order chi connectivity index (χ0) is 19.1. The summed E-state index contributed by atoms with van der Waals surface area (Å²) in [4.78, 5) is 14.9. The Kier molecular flexibility index (Phi) is 7.95. The van der Waals surface area contributed by atoms with Crippen LogP contribution in [-0.4, -0.2) is 43.1 Å². The first kappa shape index (κ1) is 20.8. The maximum absolute atomic E-state index is 12.4. The SMILES string of the molecule is Cc1ccc(C(C)C)c(O[C@H](C)C(=O)NCCCN2CCC(C)CC2)c1. The molecule has 4 nitrogen and oxygen atoms in total. The van der Waals surface area contributed by atoms with Crippen LogP contribution in [0.4, 0.5) is 0 Å². The van der Waals surface area contributed by atoms with Crippen molar-refractivity contribution in [2.75, 3.05) is 26.2 Å². The van der Waals surface area contributed by atoms with E-state index < -0.39 is 6.10 Å². The summed E-state index contributed by atoms with van der Waals surface area (Å²) in [5.41, 5.74) is 2.29. The molecule has 26 heavy (non-hydrogen) atoms. The van der Waals surface area contributed by atoms with Gasteiger partial charge in [0, 0.05) is 6.54 Å². The Hall–Kier alpha value is -1.55. The van der Waals surface area contributed by atoms with E-state index in [1.54, 1.807) is 0 Å². The van der Waals surface area contributed by atoms with Crippen molar-refractivity contribution < 1.29 is 9.53 Å². The Morgan fingerprint density at radius 1 is 1.27 bits per heavy atom. The van der Waals surface area contributed by atoms with Crippen LogP contribution in [0.15, 0.2) is 18.2 Å². The fraction of sp³-hybridized carbons (Fsp3) is 0.682. The molecule has 1 aliphatic heterocycles. The molecule has 0 aromatic heterocycles. The highest BCUT2D eigenvalue weighted by atomic mass is 16.5. The van der Waals surface area contributed by atoms with E-state index in [1.807, 2.05) is 19.9 Å².